The average Bonchev–Trinajstić information content (AvgIpc) is 2.96. The highest BCUT2D eigenvalue weighted by Gasteiger charge is 2.21. The van der Waals surface area contributed by atoms with Crippen molar-refractivity contribution in [3.8, 4) is 0 Å². The first-order valence-electron chi connectivity index (χ1n) is 15.1. The zero-order valence-electron chi connectivity index (χ0n) is 24.9. The topological polar surface area (TPSA) is 7.12 Å². The fourth-order valence-corrected chi connectivity index (χ4v) is 5.41. The van der Waals surface area contributed by atoms with Gasteiger partial charge in [0.2, 0.25) is 6.20 Å². The summed E-state index contributed by atoms with van der Waals surface area (Å²) < 4.78 is 33.5. The van der Waals surface area contributed by atoms with Gasteiger partial charge in [-0.2, -0.15) is 4.39 Å². The van der Waals surface area contributed by atoms with E-state index in [9.17, 15) is 4.39 Å². The molecule has 0 bridgehead atoms. The Kier molecular flexibility index (Phi) is 11.9. The van der Waals surface area contributed by atoms with Crippen molar-refractivity contribution in [2.75, 3.05) is 44.2 Å². The van der Waals surface area contributed by atoms with Gasteiger partial charge in [0.05, 0.1) is 38.3 Å². The van der Waals surface area contributed by atoms with Crippen molar-refractivity contribution < 1.29 is 17.8 Å². The van der Waals surface area contributed by atoms with Crippen molar-refractivity contribution in [2.45, 2.75) is 73.3 Å². The summed E-state index contributed by atoms with van der Waals surface area (Å²) in [6.45, 7) is 18.2. The van der Waals surface area contributed by atoms with Gasteiger partial charge in [0.1, 0.15) is 0 Å². The highest BCUT2D eigenvalue weighted by Crippen LogP contribution is 2.29. The number of anilines is 1. The first-order chi connectivity index (χ1) is 18.9. The third-order valence-electron chi connectivity index (χ3n) is 8.38. The minimum Gasteiger partial charge on any atom is -0.369 e. The Morgan fingerprint density at radius 2 is 1.51 bits per heavy atom. The minimum atomic E-state index is -0.230. The maximum Gasteiger partial charge on any atom is 0.205 e. The van der Waals surface area contributed by atoms with Crippen LogP contribution in [0.25, 0.3) is 22.9 Å². The van der Waals surface area contributed by atoms with Crippen LogP contribution in [0.1, 0.15) is 77.8 Å². The standard InChI is InChI=1S/C34H49F2N3/c1-6-11-22-38(23-12-7-2)33-19-17-30-26-28(15-18-31(30)34(33)36)14-16-29-20-24-37(27-32(29)35)21-13-25-39(8-3,9-4)10-5/h14-20,24,26-27H,6-13,21-23,25H2,1-5H3/q+2. The van der Waals surface area contributed by atoms with Gasteiger partial charge in [-0.1, -0.05) is 57.0 Å². The van der Waals surface area contributed by atoms with Crippen molar-refractivity contribution in [3.63, 3.8) is 0 Å². The molecule has 0 unspecified atom stereocenters. The number of pyridine rings is 1. The predicted octanol–water partition coefficient (Wildman–Crippen LogP) is 8.25. The molecule has 212 valence electrons. The van der Waals surface area contributed by atoms with E-state index >= 15 is 4.39 Å². The molecule has 0 saturated heterocycles. The molecule has 0 saturated carbocycles. The fourth-order valence-electron chi connectivity index (χ4n) is 5.41. The fraction of sp³-hybridized carbons (Fsp3) is 0.500. The van der Waals surface area contributed by atoms with E-state index in [0.717, 1.165) is 93.4 Å². The van der Waals surface area contributed by atoms with Gasteiger partial charge in [-0.3, -0.25) is 0 Å². The number of hydrogen-bond acceptors (Lipinski definition) is 1. The lowest BCUT2D eigenvalue weighted by Gasteiger charge is -2.35. The van der Waals surface area contributed by atoms with Crippen LogP contribution in [0.5, 0.6) is 0 Å². The summed E-state index contributed by atoms with van der Waals surface area (Å²) in [6.07, 6.45) is 12.6. The monoisotopic (exact) mass is 537 g/mol. The number of aromatic nitrogens is 1. The molecular formula is C34H49F2N3+2. The normalized spacial score (nSPS) is 12.1. The van der Waals surface area contributed by atoms with E-state index in [1.807, 2.05) is 53.2 Å². The second-order valence-electron chi connectivity index (χ2n) is 10.8. The van der Waals surface area contributed by atoms with Gasteiger partial charge in [0.15, 0.2) is 24.4 Å². The third kappa shape index (κ3) is 8.11. The lowest BCUT2D eigenvalue weighted by atomic mass is 10.0. The Balaban J connectivity index is 1.71. The van der Waals surface area contributed by atoms with Gasteiger partial charge in [0.25, 0.3) is 0 Å². The second kappa shape index (κ2) is 15.1. The molecule has 3 rings (SSSR count). The zero-order chi connectivity index (χ0) is 28.3. The van der Waals surface area contributed by atoms with Gasteiger partial charge >= 0.3 is 0 Å². The maximum absolute atomic E-state index is 15.5. The van der Waals surface area contributed by atoms with Crippen LogP contribution in [0.15, 0.2) is 48.8 Å². The van der Waals surface area contributed by atoms with Crippen LogP contribution < -0.4 is 9.47 Å². The Labute approximate surface area is 235 Å². The first-order valence-corrected chi connectivity index (χ1v) is 15.1. The molecule has 1 aromatic heterocycles. The van der Waals surface area contributed by atoms with E-state index in [1.165, 1.54) is 0 Å². The molecule has 0 fully saturated rings. The molecule has 0 radical (unpaired) electrons. The van der Waals surface area contributed by atoms with Crippen LogP contribution in [-0.2, 0) is 6.54 Å². The molecule has 0 aliphatic heterocycles. The van der Waals surface area contributed by atoms with Crippen molar-refractivity contribution in [1.82, 2.24) is 0 Å². The Bertz CT molecular complexity index is 1200. The Morgan fingerprint density at radius 1 is 0.821 bits per heavy atom. The van der Waals surface area contributed by atoms with Crippen LogP contribution in [0.3, 0.4) is 0 Å². The molecular weight excluding hydrogens is 488 g/mol. The summed E-state index contributed by atoms with van der Waals surface area (Å²) in [5.41, 5.74) is 2.17. The number of benzene rings is 2. The van der Waals surface area contributed by atoms with Crippen molar-refractivity contribution >= 4 is 28.6 Å². The zero-order valence-corrected chi connectivity index (χ0v) is 24.9. The van der Waals surface area contributed by atoms with Crippen molar-refractivity contribution in [1.29, 1.82) is 0 Å². The van der Waals surface area contributed by atoms with E-state index in [4.69, 9.17) is 0 Å². The Morgan fingerprint density at radius 3 is 2.13 bits per heavy atom. The predicted molar refractivity (Wildman–Crippen MR) is 163 cm³/mol. The molecule has 0 amide bonds. The highest BCUT2D eigenvalue weighted by molar-refractivity contribution is 5.89. The van der Waals surface area contributed by atoms with Gasteiger partial charge in [-0.15, -0.1) is 0 Å². The summed E-state index contributed by atoms with van der Waals surface area (Å²) in [6, 6.07) is 11.5. The van der Waals surface area contributed by atoms with Gasteiger partial charge in [-0.05, 0) is 56.7 Å². The number of quaternary nitrogens is 1. The van der Waals surface area contributed by atoms with Crippen molar-refractivity contribution in [2.24, 2.45) is 0 Å². The molecule has 0 atom stereocenters. The van der Waals surface area contributed by atoms with Crippen LogP contribution in [-0.4, -0.2) is 43.8 Å². The number of fused-ring (bicyclic) bond motifs is 1. The van der Waals surface area contributed by atoms with Gasteiger partial charge in [0, 0.05) is 30.1 Å². The average molecular weight is 538 g/mol. The number of unbranched alkanes of at least 4 members (excludes halogenated alkanes) is 2. The molecule has 3 aromatic rings. The van der Waals surface area contributed by atoms with E-state index in [0.29, 0.717) is 16.6 Å². The van der Waals surface area contributed by atoms with Crippen LogP contribution in [0, 0.1) is 11.6 Å². The van der Waals surface area contributed by atoms with E-state index in [-0.39, 0.29) is 11.6 Å². The summed E-state index contributed by atoms with van der Waals surface area (Å²) >= 11 is 0. The summed E-state index contributed by atoms with van der Waals surface area (Å²) in [7, 11) is 0. The van der Waals surface area contributed by atoms with Crippen LogP contribution >= 0.6 is 0 Å². The van der Waals surface area contributed by atoms with Gasteiger partial charge < -0.3 is 9.38 Å². The molecule has 0 spiro atoms. The number of hydrogen-bond donors (Lipinski definition) is 0. The smallest absolute Gasteiger partial charge is 0.205 e. The first kappa shape index (κ1) is 30.7. The largest absolute Gasteiger partial charge is 0.369 e. The number of rotatable bonds is 16. The highest BCUT2D eigenvalue weighted by atomic mass is 19.1. The lowest BCUT2D eigenvalue weighted by molar-refractivity contribution is -0.925. The molecule has 1 heterocycles. The third-order valence-corrected chi connectivity index (χ3v) is 8.38. The second-order valence-corrected chi connectivity index (χ2v) is 10.8. The van der Waals surface area contributed by atoms with E-state index in [2.05, 4.69) is 39.5 Å². The Hall–Kier alpha value is -2.79. The molecule has 3 nitrogen and oxygen atoms in total. The summed E-state index contributed by atoms with van der Waals surface area (Å²) in [5, 5.41) is 1.49. The number of nitrogens with zero attached hydrogens (tertiary/aromatic N) is 3. The molecule has 5 heteroatoms. The van der Waals surface area contributed by atoms with Crippen molar-refractivity contribution in [3.05, 3.63) is 71.6 Å². The maximum atomic E-state index is 15.5. The molecule has 0 aliphatic carbocycles. The van der Waals surface area contributed by atoms with E-state index < -0.39 is 0 Å². The quantitative estimate of drug-likeness (QED) is 0.132. The van der Waals surface area contributed by atoms with E-state index in [1.54, 1.807) is 12.3 Å². The van der Waals surface area contributed by atoms with Crippen LogP contribution in [0.2, 0.25) is 0 Å². The molecule has 0 aliphatic rings. The summed E-state index contributed by atoms with van der Waals surface area (Å²) in [5.74, 6) is -0.381. The summed E-state index contributed by atoms with van der Waals surface area (Å²) in [4.78, 5) is 2.19. The molecule has 39 heavy (non-hydrogen) atoms. The van der Waals surface area contributed by atoms with Gasteiger partial charge in [-0.25, -0.2) is 8.96 Å². The molecule has 0 N–H and O–H groups in total. The molecule has 2 aromatic carbocycles. The SMILES string of the molecule is CCCCN(CCCC)c1ccc2cc(C=Cc3cc[n+](CCC[N+](CC)(CC)CC)cc3F)ccc2c1F. The minimum absolute atomic E-state index is 0.151. The number of aryl methyl sites for hydroxylation is 1. The number of halogens is 2. The van der Waals surface area contributed by atoms with Crippen LogP contribution in [0.4, 0.5) is 14.5 Å². The lowest BCUT2D eigenvalue weighted by Crippen LogP contribution is -2.49.